The molecule has 0 amide bonds. The lowest BCUT2D eigenvalue weighted by Crippen LogP contribution is -2.40. The van der Waals surface area contributed by atoms with Crippen LogP contribution in [-0.4, -0.2) is 31.6 Å². The van der Waals surface area contributed by atoms with Crippen LogP contribution >= 0.6 is 11.8 Å². The van der Waals surface area contributed by atoms with Crippen LogP contribution in [0.15, 0.2) is 29.4 Å². The molecule has 4 rings (SSSR count). The van der Waals surface area contributed by atoms with Gasteiger partial charge in [0.25, 0.3) is 0 Å². The standard InChI is InChI=1S/C16H19FN4S/c17-13-8-6-12(7-9-13)15-18-19-16-21(15)10-20(11-22-16)14-4-2-1-3-5-14/h6-9,14H,1-5,10-11H2. The molecule has 0 N–H and O–H groups in total. The first-order chi connectivity index (χ1) is 10.8. The largest absolute Gasteiger partial charge is 0.288 e. The summed E-state index contributed by atoms with van der Waals surface area (Å²) in [6.07, 6.45) is 6.64. The highest BCUT2D eigenvalue weighted by Gasteiger charge is 2.28. The van der Waals surface area contributed by atoms with Crippen molar-refractivity contribution in [3.8, 4) is 11.4 Å². The molecule has 0 radical (unpaired) electrons. The third-order valence-electron chi connectivity index (χ3n) is 4.59. The quantitative estimate of drug-likeness (QED) is 0.845. The zero-order valence-electron chi connectivity index (χ0n) is 12.4. The third kappa shape index (κ3) is 2.65. The number of fused-ring (bicyclic) bond motifs is 1. The molecule has 0 saturated heterocycles. The van der Waals surface area contributed by atoms with Crippen molar-refractivity contribution in [3.05, 3.63) is 30.1 Å². The minimum Gasteiger partial charge on any atom is -0.288 e. The van der Waals surface area contributed by atoms with Crippen LogP contribution in [0.3, 0.4) is 0 Å². The monoisotopic (exact) mass is 318 g/mol. The van der Waals surface area contributed by atoms with Gasteiger partial charge in [-0.15, -0.1) is 10.2 Å². The fourth-order valence-corrected chi connectivity index (χ4v) is 4.34. The predicted octanol–water partition coefficient (Wildman–Crippen LogP) is 3.74. The highest BCUT2D eigenvalue weighted by Crippen LogP contribution is 2.33. The zero-order chi connectivity index (χ0) is 14.9. The molecule has 0 bridgehead atoms. The molecule has 1 aliphatic carbocycles. The summed E-state index contributed by atoms with van der Waals surface area (Å²) in [5.41, 5.74) is 0.922. The Hall–Kier alpha value is -1.40. The first-order valence-corrected chi connectivity index (χ1v) is 8.86. The van der Waals surface area contributed by atoms with E-state index in [-0.39, 0.29) is 5.82 Å². The van der Waals surface area contributed by atoms with Crippen molar-refractivity contribution in [2.75, 3.05) is 5.88 Å². The molecule has 1 aromatic heterocycles. The van der Waals surface area contributed by atoms with Gasteiger partial charge in [0.1, 0.15) is 5.82 Å². The molecular formula is C16H19FN4S. The van der Waals surface area contributed by atoms with E-state index < -0.39 is 0 Å². The van der Waals surface area contributed by atoms with Gasteiger partial charge in [-0.3, -0.25) is 9.47 Å². The number of rotatable bonds is 2. The van der Waals surface area contributed by atoms with Crippen molar-refractivity contribution < 1.29 is 4.39 Å². The van der Waals surface area contributed by atoms with Gasteiger partial charge in [-0.1, -0.05) is 31.0 Å². The average molecular weight is 318 g/mol. The maximum Gasteiger partial charge on any atom is 0.193 e. The van der Waals surface area contributed by atoms with Crippen molar-refractivity contribution >= 4 is 11.8 Å². The van der Waals surface area contributed by atoms with Crippen molar-refractivity contribution in [2.45, 2.75) is 50.0 Å². The number of thioether (sulfide) groups is 1. The Balaban J connectivity index is 1.60. The van der Waals surface area contributed by atoms with Gasteiger partial charge in [-0.25, -0.2) is 4.39 Å². The summed E-state index contributed by atoms with van der Waals surface area (Å²) >= 11 is 1.75. The molecule has 2 aromatic rings. The minimum absolute atomic E-state index is 0.222. The first-order valence-electron chi connectivity index (χ1n) is 7.87. The minimum atomic E-state index is -0.222. The van der Waals surface area contributed by atoms with Crippen LogP contribution in [-0.2, 0) is 6.67 Å². The van der Waals surface area contributed by atoms with E-state index in [4.69, 9.17) is 0 Å². The van der Waals surface area contributed by atoms with Crippen LogP contribution in [0.2, 0.25) is 0 Å². The maximum absolute atomic E-state index is 13.1. The molecule has 6 heteroatoms. The van der Waals surface area contributed by atoms with E-state index in [9.17, 15) is 4.39 Å². The smallest absolute Gasteiger partial charge is 0.193 e. The number of hydrogen-bond donors (Lipinski definition) is 0. The highest BCUT2D eigenvalue weighted by atomic mass is 32.2. The van der Waals surface area contributed by atoms with E-state index in [1.807, 2.05) is 0 Å². The van der Waals surface area contributed by atoms with E-state index in [1.54, 1.807) is 23.9 Å². The Morgan fingerprint density at radius 1 is 1.05 bits per heavy atom. The molecule has 0 atom stereocenters. The van der Waals surface area contributed by atoms with E-state index >= 15 is 0 Å². The first kappa shape index (κ1) is 14.2. The summed E-state index contributed by atoms with van der Waals surface area (Å²) in [5.74, 6) is 1.61. The van der Waals surface area contributed by atoms with Crippen LogP contribution in [0.25, 0.3) is 11.4 Å². The van der Waals surface area contributed by atoms with E-state index in [0.29, 0.717) is 6.04 Å². The summed E-state index contributed by atoms with van der Waals surface area (Å²) in [6.45, 7) is 0.840. The van der Waals surface area contributed by atoms with Crippen LogP contribution in [0.5, 0.6) is 0 Å². The topological polar surface area (TPSA) is 34.0 Å². The van der Waals surface area contributed by atoms with Gasteiger partial charge in [0.15, 0.2) is 11.0 Å². The predicted molar refractivity (Wildman–Crippen MR) is 84.9 cm³/mol. The summed E-state index contributed by atoms with van der Waals surface area (Å²) < 4.78 is 15.3. The summed E-state index contributed by atoms with van der Waals surface area (Å²) in [6, 6.07) is 7.18. The van der Waals surface area contributed by atoms with E-state index in [1.165, 1.54) is 44.2 Å². The molecule has 0 spiro atoms. The average Bonchev–Trinajstić information content (AvgIpc) is 2.99. The molecule has 1 aliphatic heterocycles. The van der Waals surface area contributed by atoms with Crippen molar-refractivity contribution in [3.63, 3.8) is 0 Å². The second-order valence-corrected chi connectivity index (χ2v) is 6.95. The third-order valence-corrected chi connectivity index (χ3v) is 5.61. The van der Waals surface area contributed by atoms with Gasteiger partial charge in [-0.05, 0) is 37.1 Å². The molecule has 1 aromatic carbocycles. The summed E-state index contributed by atoms with van der Waals surface area (Å²) in [7, 11) is 0. The van der Waals surface area contributed by atoms with Crippen LogP contribution in [0.4, 0.5) is 4.39 Å². The van der Waals surface area contributed by atoms with Crippen molar-refractivity contribution in [1.82, 2.24) is 19.7 Å². The fourth-order valence-electron chi connectivity index (χ4n) is 3.37. The molecule has 22 heavy (non-hydrogen) atoms. The molecule has 0 unspecified atom stereocenters. The van der Waals surface area contributed by atoms with Crippen LogP contribution in [0, 0.1) is 5.82 Å². The van der Waals surface area contributed by atoms with Gasteiger partial charge < -0.3 is 0 Å². The zero-order valence-corrected chi connectivity index (χ0v) is 13.2. The SMILES string of the molecule is Fc1ccc(-c2nnc3n2CN(C2CCCCC2)CS3)cc1. The van der Waals surface area contributed by atoms with Gasteiger partial charge in [0.05, 0.1) is 12.5 Å². The molecule has 2 aliphatic rings. The van der Waals surface area contributed by atoms with Gasteiger partial charge >= 0.3 is 0 Å². The fraction of sp³-hybridized carbons (Fsp3) is 0.500. The van der Waals surface area contributed by atoms with Gasteiger partial charge in [0, 0.05) is 11.6 Å². The lowest BCUT2D eigenvalue weighted by atomic mass is 9.95. The maximum atomic E-state index is 13.1. The molecule has 116 valence electrons. The summed E-state index contributed by atoms with van der Waals surface area (Å²) in [4.78, 5) is 2.53. The Bertz CT molecular complexity index is 649. The molecule has 1 saturated carbocycles. The number of halogens is 1. The Morgan fingerprint density at radius 2 is 1.82 bits per heavy atom. The van der Waals surface area contributed by atoms with E-state index in [2.05, 4.69) is 19.7 Å². The number of benzene rings is 1. The van der Waals surface area contributed by atoms with Gasteiger partial charge in [0.2, 0.25) is 0 Å². The normalized spacial score (nSPS) is 20.0. The lowest BCUT2D eigenvalue weighted by molar-refractivity contribution is 0.135. The highest BCUT2D eigenvalue weighted by molar-refractivity contribution is 7.99. The summed E-state index contributed by atoms with van der Waals surface area (Å²) in [5, 5.41) is 9.58. The number of nitrogens with zero attached hydrogens (tertiary/aromatic N) is 4. The number of hydrogen-bond acceptors (Lipinski definition) is 4. The van der Waals surface area contributed by atoms with Gasteiger partial charge in [-0.2, -0.15) is 0 Å². The lowest BCUT2D eigenvalue weighted by Gasteiger charge is -2.36. The van der Waals surface area contributed by atoms with Crippen LogP contribution < -0.4 is 0 Å². The molecular weight excluding hydrogens is 299 g/mol. The van der Waals surface area contributed by atoms with Crippen LogP contribution in [0.1, 0.15) is 32.1 Å². The Morgan fingerprint density at radius 3 is 2.59 bits per heavy atom. The molecule has 2 heterocycles. The number of aromatic nitrogens is 3. The molecule has 4 nitrogen and oxygen atoms in total. The van der Waals surface area contributed by atoms with E-state index in [0.717, 1.165) is 29.1 Å². The van der Waals surface area contributed by atoms with Crippen molar-refractivity contribution in [1.29, 1.82) is 0 Å². The Kier molecular flexibility index (Phi) is 3.88. The second-order valence-electron chi connectivity index (χ2n) is 6.04. The second kappa shape index (κ2) is 6.01. The Labute approximate surface area is 133 Å². The molecule has 1 fully saturated rings. The van der Waals surface area contributed by atoms with Crippen molar-refractivity contribution in [2.24, 2.45) is 0 Å².